The van der Waals surface area contributed by atoms with Gasteiger partial charge in [-0.1, -0.05) is 0 Å². The number of amides is 1. The molecule has 0 saturated carbocycles. The number of alkyl halides is 6. The lowest BCUT2D eigenvalue weighted by Crippen LogP contribution is -2.58. The highest BCUT2D eigenvalue weighted by molar-refractivity contribution is 5.84. The van der Waals surface area contributed by atoms with Crippen LogP contribution >= 0.6 is 0 Å². The van der Waals surface area contributed by atoms with Gasteiger partial charge in [0.2, 0.25) is 11.3 Å². The summed E-state index contributed by atoms with van der Waals surface area (Å²) >= 11 is 0. The Morgan fingerprint density at radius 1 is 1.00 bits per heavy atom. The summed E-state index contributed by atoms with van der Waals surface area (Å²) in [6, 6.07) is -0.809. The SMILES string of the molecule is CC(C)NC(=O)C(C)(C(F)(F)F)C(F)(F)F. The topological polar surface area (TPSA) is 29.1 Å². The van der Waals surface area contributed by atoms with Crippen molar-refractivity contribution in [2.75, 3.05) is 0 Å². The molecule has 8 heteroatoms. The Morgan fingerprint density at radius 3 is 1.50 bits per heavy atom. The quantitative estimate of drug-likeness (QED) is 0.751. The van der Waals surface area contributed by atoms with Crippen LogP contribution in [0.15, 0.2) is 0 Å². The minimum atomic E-state index is -5.69. The highest BCUT2D eigenvalue weighted by Gasteiger charge is 2.72. The molecule has 0 aliphatic carbocycles. The maximum absolute atomic E-state index is 12.3. The van der Waals surface area contributed by atoms with Crippen molar-refractivity contribution in [3.63, 3.8) is 0 Å². The fourth-order valence-corrected chi connectivity index (χ4v) is 0.825. The first kappa shape index (κ1) is 15.0. The first-order chi connectivity index (χ1) is 6.84. The van der Waals surface area contributed by atoms with Crippen molar-refractivity contribution in [3.05, 3.63) is 0 Å². The van der Waals surface area contributed by atoms with E-state index < -0.39 is 29.7 Å². The van der Waals surface area contributed by atoms with E-state index in [2.05, 4.69) is 0 Å². The van der Waals surface area contributed by atoms with Crippen LogP contribution in [0, 0.1) is 5.41 Å². The van der Waals surface area contributed by atoms with Crippen molar-refractivity contribution in [1.29, 1.82) is 0 Å². The molecule has 0 unspecified atom stereocenters. The van der Waals surface area contributed by atoms with E-state index >= 15 is 0 Å². The van der Waals surface area contributed by atoms with E-state index in [1.54, 1.807) is 5.32 Å². The molecular formula is C8H11F6NO. The van der Waals surface area contributed by atoms with E-state index in [1.807, 2.05) is 0 Å². The first-order valence-corrected chi connectivity index (χ1v) is 4.28. The minimum absolute atomic E-state index is 0.176. The molecule has 0 saturated heterocycles. The minimum Gasteiger partial charge on any atom is -0.353 e. The fraction of sp³-hybridized carbons (Fsp3) is 0.875. The average Bonchev–Trinajstić information content (AvgIpc) is 1.96. The van der Waals surface area contributed by atoms with Gasteiger partial charge in [-0.3, -0.25) is 4.79 Å². The van der Waals surface area contributed by atoms with Gasteiger partial charge in [0.1, 0.15) is 0 Å². The van der Waals surface area contributed by atoms with Gasteiger partial charge in [-0.15, -0.1) is 0 Å². The number of carbonyl (C=O) groups is 1. The Kier molecular flexibility index (Phi) is 3.89. The van der Waals surface area contributed by atoms with Crippen LogP contribution in [0.4, 0.5) is 26.3 Å². The number of hydrogen-bond acceptors (Lipinski definition) is 1. The summed E-state index contributed by atoms with van der Waals surface area (Å²) in [4.78, 5) is 11.0. The molecule has 0 fully saturated rings. The van der Waals surface area contributed by atoms with Gasteiger partial charge in [-0.25, -0.2) is 0 Å². The second kappa shape index (κ2) is 4.14. The lowest BCUT2D eigenvalue weighted by atomic mass is 9.87. The van der Waals surface area contributed by atoms with Gasteiger partial charge in [0, 0.05) is 6.04 Å². The zero-order valence-electron chi connectivity index (χ0n) is 8.75. The van der Waals surface area contributed by atoms with Crippen LogP contribution in [0.5, 0.6) is 0 Å². The van der Waals surface area contributed by atoms with Crippen LogP contribution < -0.4 is 5.32 Å². The number of halogens is 6. The number of rotatable bonds is 2. The maximum atomic E-state index is 12.3. The van der Waals surface area contributed by atoms with Crippen molar-refractivity contribution in [3.8, 4) is 0 Å². The fourth-order valence-electron chi connectivity index (χ4n) is 0.825. The molecular weight excluding hydrogens is 240 g/mol. The van der Waals surface area contributed by atoms with Gasteiger partial charge in [-0.2, -0.15) is 26.3 Å². The highest BCUT2D eigenvalue weighted by atomic mass is 19.4. The Labute approximate surface area is 88.0 Å². The third kappa shape index (κ3) is 2.59. The molecule has 0 radical (unpaired) electrons. The summed E-state index contributed by atoms with van der Waals surface area (Å²) in [5, 5.41) is 1.62. The van der Waals surface area contributed by atoms with E-state index in [9.17, 15) is 31.1 Å². The third-order valence-corrected chi connectivity index (χ3v) is 2.01. The number of carbonyl (C=O) groups excluding carboxylic acids is 1. The van der Waals surface area contributed by atoms with Crippen molar-refractivity contribution in [2.24, 2.45) is 5.41 Å². The monoisotopic (exact) mass is 251 g/mol. The van der Waals surface area contributed by atoms with Crippen LogP contribution in [0.1, 0.15) is 20.8 Å². The first-order valence-electron chi connectivity index (χ1n) is 4.28. The Balaban J connectivity index is 5.36. The molecule has 1 N–H and O–H groups in total. The third-order valence-electron chi connectivity index (χ3n) is 2.01. The van der Waals surface area contributed by atoms with Gasteiger partial charge in [0.25, 0.3) is 0 Å². The Bertz CT molecular complexity index is 253. The molecule has 16 heavy (non-hydrogen) atoms. The van der Waals surface area contributed by atoms with Crippen LogP contribution in [-0.2, 0) is 4.79 Å². The number of nitrogens with one attached hydrogen (secondary N) is 1. The molecule has 0 heterocycles. The molecule has 0 spiro atoms. The molecule has 0 aromatic rings. The van der Waals surface area contributed by atoms with Crippen molar-refractivity contribution in [1.82, 2.24) is 5.32 Å². The van der Waals surface area contributed by atoms with Gasteiger partial charge < -0.3 is 5.32 Å². The van der Waals surface area contributed by atoms with Crippen molar-refractivity contribution in [2.45, 2.75) is 39.2 Å². The molecule has 0 aromatic carbocycles. The number of hydrogen-bond donors (Lipinski definition) is 1. The predicted octanol–water partition coefficient (Wildman–Crippen LogP) is 2.64. The van der Waals surface area contributed by atoms with E-state index in [0.717, 1.165) is 0 Å². The largest absolute Gasteiger partial charge is 0.411 e. The summed E-state index contributed by atoms with van der Waals surface area (Å²) in [6.45, 7) is 2.36. The zero-order chi connectivity index (χ0) is 13.4. The Hall–Kier alpha value is -0.950. The summed E-state index contributed by atoms with van der Waals surface area (Å²) < 4.78 is 73.9. The van der Waals surface area contributed by atoms with Gasteiger partial charge in [0.15, 0.2) is 0 Å². The summed E-state index contributed by atoms with van der Waals surface area (Å²) in [5.74, 6) is -2.09. The lowest BCUT2D eigenvalue weighted by molar-refractivity contribution is -0.319. The van der Waals surface area contributed by atoms with Crippen LogP contribution in [0.3, 0.4) is 0 Å². The van der Waals surface area contributed by atoms with E-state index in [1.165, 1.54) is 13.8 Å². The molecule has 96 valence electrons. The molecule has 0 rings (SSSR count). The zero-order valence-corrected chi connectivity index (χ0v) is 8.75. The van der Waals surface area contributed by atoms with Crippen molar-refractivity contribution < 1.29 is 31.1 Å². The molecule has 0 atom stereocenters. The Morgan fingerprint density at radius 2 is 1.31 bits per heavy atom. The predicted molar refractivity (Wildman–Crippen MR) is 43.5 cm³/mol. The normalized spacial score (nSPS) is 14.1. The molecule has 0 aliphatic heterocycles. The summed E-state index contributed by atoms with van der Waals surface area (Å²) in [7, 11) is 0. The van der Waals surface area contributed by atoms with Gasteiger partial charge >= 0.3 is 12.4 Å². The highest BCUT2D eigenvalue weighted by Crippen LogP contribution is 2.50. The maximum Gasteiger partial charge on any atom is 0.411 e. The van der Waals surface area contributed by atoms with Gasteiger partial charge in [0.05, 0.1) is 0 Å². The van der Waals surface area contributed by atoms with Crippen LogP contribution in [-0.4, -0.2) is 24.3 Å². The lowest BCUT2D eigenvalue weighted by Gasteiger charge is -2.33. The molecule has 2 nitrogen and oxygen atoms in total. The van der Waals surface area contributed by atoms with E-state index in [4.69, 9.17) is 0 Å². The summed E-state index contributed by atoms with van der Waals surface area (Å²) in [6.07, 6.45) is -11.4. The molecule has 1 amide bonds. The second-order valence-electron chi connectivity index (χ2n) is 3.75. The average molecular weight is 251 g/mol. The van der Waals surface area contributed by atoms with Crippen molar-refractivity contribution >= 4 is 5.91 Å². The van der Waals surface area contributed by atoms with E-state index in [0.29, 0.717) is 0 Å². The molecule has 0 aliphatic rings. The second-order valence-corrected chi connectivity index (χ2v) is 3.75. The van der Waals surface area contributed by atoms with Crippen LogP contribution in [0.2, 0.25) is 0 Å². The van der Waals surface area contributed by atoms with Crippen LogP contribution in [0.25, 0.3) is 0 Å². The van der Waals surface area contributed by atoms with Gasteiger partial charge in [-0.05, 0) is 20.8 Å². The molecule has 0 aromatic heterocycles. The van der Waals surface area contributed by atoms with E-state index in [-0.39, 0.29) is 6.92 Å². The molecule has 0 bridgehead atoms. The smallest absolute Gasteiger partial charge is 0.353 e. The summed E-state index contributed by atoms with van der Waals surface area (Å²) in [5.41, 5.74) is -4.38. The standard InChI is InChI=1S/C8H11F6NO/c1-4(2)15-5(16)6(3,7(9,10)11)8(12,13)14/h4H,1-3H3,(H,15,16).